The van der Waals surface area contributed by atoms with Crippen molar-refractivity contribution in [3.8, 4) is 5.75 Å². The summed E-state index contributed by atoms with van der Waals surface area (Å²) in [6.45, 7) is 0. The van der Waals surface area contributed by atoms with Crippen molar-refractivity contribution in [1.82, 2.24) is 0 Å². The van der Waals surface area contributed by atoms with Crippen LogP contribution in [0, 0.1) is 0 Å². The van der Waals surface area contributed by atoms with Gasteiger partial charge in [0.25, 0.3) is 0 Å². The first-order valence-electron chi connectivity index (χ1n) is 3.73. The molecule has 0 unspecified atom stereocenters. The number of hydrogen-bond donors (Lipinski definition) is 1. The van der Waals surface area contributed by atoms with Crippen LogP contribution in [0.15, 0.2) is 24.3 Å². The van der Waals surface area contributed by atoms with E-state index in [2.05, 4.69) is 0 Å². The van der Waals surface area contributed by atoms with Crippen LogP contribution in [0.4, 0.5) is 0 Å². The minimum absolute atomic E-state index is 0.145. The molecule has 0 atom stereocenters. The SMILES string of the molecule is O=C(c1ccccc1O)I1CC1. The topological polar surface area (TPSA) is 37.3 Å². The fourth-order valence-corrected chi connectivity index (χ4v) is 4.82. The number of phenols is 1. The Labute approximate surface area is 78.0 Å². The molecule has 1 aromatic carbocycles. The molecular weight excluding hydrogens is 267 g/mol. The van der Waals surface area contributed by atoms with Gasteiger partial charge in [0.15, 0.2) is 0 Å². The molecule has 0 bridgehead atoms. The zero-order valence-corrected chi connectivity index (χ0v) is 8.61. The van der Waals surface area contributed by atoms with Crippen LogP contribution in [0.1, 0.15) is 10.4 Å². The number of carbonyl (C=O) groups is 1. The molecule has 1 N–H and O–H groups in total. The molecule has 0 amide bonds. The van der Waals surface area contributed by atoms with E-state index in [1.807, 2.05) is 0 Å². The Bertz CT molecular complexity index is 318. The van der Waals surface area contributed by atoms with E-state index >= 15 is 0 Å². The van der Waals surface area contributed by atoms with E-state index in [9.17, 15) is 9.90 Å². The van der Waals surface area contributed by atoms with Crippen LogP contribution in [-0.4, -0.2) is 17.8 Å². The predicted octanol–water partition coefficient (Wildman–Crippen LogP) is 2.05. The van der Waals surface area contributed by atoms with Crippen molar-refractivity contribution in [2.24, 2.45) is 0 Å². The molecule has 0 radical (unpaired) electrons. The Morgan fingerprint density at radius 1 is 1.33 bits per heavy atom. The second kappa shape index (κ2) is 3.05. The van der Waals surface area contributed by atoms with Crippen molar-refractivity contribution in [1.29, 1.82) is 0 Å². The summed E-state index contributed by atoms with van der Waals surface area (Å²) in [6, 6.07) is 6.83. The van der Waals surface area contributed by atoms with Crippen molar-refractivity contribution in [2.75, 3.05) is 8.86 Å². The Hall–Kier alpha value is -0.580. The Morgan fingerprint density at radius 3 is 2.58 bits per heavy atom. The van der Waals surface area contributed by atoms with Crippen LogP contribution >= 0.6 is 19.8 Å². The number of alkyl halides is 2. The molecule has 1 aliphatic rings. The zero-order chi connectivity index (χ0) is 8.55. The van der Waals surface area contributed by atoms with Crippen LogP contribution in [0.25, 0.3) is 0 Å². The average molecular weight is 276 g/mol. The first-order valence-corrected chi connectivity index (χ1v) is 7.86. The van der Waals surface area contributed by atoms with Gasteiger partial charge in [0.2, 0.25) is 0 Å². The zero-order valence-electron chi connectivity index (χ0n) is 6.46. The van der Waals surface area contributed by atoms with Crippen molar-refractivity contribution < 1.29 is 9.90 Å². The fraction of sp³-hybridized carbons (Fsp3) is 0.222. The van der Waals surface area contributed by atoms with Gasteiger partial charge in [-0.1, -0.05) is 0 Å². The number of para-hydroxylation sites is 1. The summed E-state index contributed by atoms with van der Waals surface area (Å²) >= 11 is -1.23. The van der Waals surface area contributed by atoms with Gasteiger partial charge in [-0.3, -0.25) is 0 Å². The van der Waals surface area contributed by atoms with Gasteiger partial charge >= 0.3 is 77.9 Å². The van der Waals surface area contributed by atoms with E-state index in [4.69, 9.17) is 0 Å². The van der Waals surface area contributed by atoms with Gasteiger partial charge in [-0.25, -0.2) is 0 Å². The number of rotatable bonds is 2. The van der Waals surface area contributed by atoms with Crippen LogP contribution in [-0.2, 0) is 0 Å². The fourth-order valence-electron chi connectivity index (χ4n) is 0.991. The Kier molecular flexibility index (Phi) is 2.04. The van der Waals surface area contributed by atoms with E-state index < -0.39 is 19.8 Å². The maximum atomic E-state index is 11.5. The Balaban J connectivity index is 2.32. The van der Waals surface area contributed by atoms with Gasteiger partial charge in [-0.05, 0) is 0 Å². The normalized spacial score (nSPS) is 17.5. The number of benzene rings is 1. The standard InChI is InChI=1S/C9H9IO2/c11-8-4-2-1-3-7(8)9(12)10-5-6-10/h1-4,11H,5-6H2. The molecule has 2 rings (SSSR count). The molecular formula is C9H9IO2. The van der Waals surface area contributed by atoms with Gasteiger partial charge in [-0.15, -0.1) is 0 Å². The molecule has 1 heterocycles. The summed E-state index contributed by atoms with van der Waals surface area (Å²) in [5.41, 5.74) is 0.542. The van der Waals surface area contributed by atoms with Crippen molar-refractivity contribution >= 4 is 23.6 Å². The minimum atomic E-state index is -1.23. The summed E-state index contributed by atoms with van der Waals surface area (Å²) < 4.78 is 2.52. The molecule has 1 aliphatic heterocycles. The van der Waals surface area contributed by atoms with Gasteiger partial charge in [-0.2, -0.15) is 0 Å². The van der Waals surface area contributed by atoms with Crippen LogP contribution in [0.5, 0.6) is 5.75 Å². The molecule has 0 spiro atoms. The molecule has 1 fully saturated rings. The number of hydrogen-bond acceptors (Lipinski definition) is 2. The second-order valence-corrected chi connectivity index (χ2v) is 8.37. The number of halogens is 1. The van der Waals surface area contributed by atoms with E-state index in [-0.39, 0.29) is 9.54 Å². The second-order valence-electron chi connectivity index (χ2n) is 2.63. The van der Waals surface area contributed by atoms with Crippen molar-refractivity contribution in [2.45, 2.75) is 0 Å². The van der Waals surface area contributed by atoms with E-state index in [0.29, 0.717) is 5.56 Å². The summed E-state index contributed by atoms with van der Waals surface area (Å²) in [5.74, 6) is 0.145. The van der Waals surface area contributed by atoms with Crippen LogP contribution in [0.2, 0.25) is 0 Å². The Morgan fingerprint density at radius 2 is 2.00 bits per heavy atom. The molecule has 0 aromatic heterocycles. The van der Waals surface area contributed by atoms with Gasteiger partial charge in [0, 0.05) is 0 Å². The number of carbonyl (C=O) groups excluding carboxylic acids is 1. The molecule has 3 heteroatoms. The third-order valence-corrected chi connectivity index (χ3v) is 5.86. The summed E-state index contributed by atoms with van der Waals surface area (Å²) in [5, 5.41) is 9.36. The molecule has 0 saturated carbocycles. The monoisotopic (exact) mass is 276 g/mol. The molecule has 1 saturated heterocycles. The number of aromatic hydroxyl groups is 1. The van der Waals surface area contributed by atoms with Crippen LogP contribution in [0.3, 0.4) is 0 Å². The molecule has 2 nitrogen and oxygen atoms in total. The van der Waals surface area contributed by atoms with Gasteiger partial charge < -0.3 is 0 Å². The van der Waals surface area contributed by atoms with E-state index in [0.717, 1.165) is 8.86 Å². The summed E-state index contributed by atoms with van der Waals surface area (Å²) in [7, 11) is 0. The molecule has 1 aromatic rings. The summed E-state index contributed by atoms with van der Waals surface area (Å²) in [4.78, 5) is 11.5. The first kappa shape index (κ1) is 8.04. The van der Waals surface area contributed by atoms with Crippen LogP contribution < -0.4 is 0 Å². The van der Waals surface area contributed by atoms with Crippen molar-refractivity contribution in [3.05, 3.63) is 29.8 Å². The maximum absolute atomic E-state index is 11.5. The van der Waals surface area contributed by atoms with Crippen molar-refractivity contribution in [3.63, 3.8) is 0 Å². The quantitative estimate of drug-likeness (QED) is 0.510. The molecule has 0 aliphatic carbocycles. The predicted molar refractivity (Wildman–Crippen MR) is 56.2 cm³/mol. The van der Waals surface area contributed by atoms with Gasteiger partial charge in [0.1, 0.15) is 0 Å². The molecule has 12 heavy (non-hydrogen) atoms. The first-order chi connectivity index (χ1) is 5.79. The average Bonchev–Trinajstić information content (AvgIpc) is 2.86. The van der Waals surface area contributed by atoms with Gasteiger partial charge in [0.05, 0.1) is 0 Å². The number of phenolic OH excluding ortho intramolecular Hbond substituents is 1. The third kappa shape index (κ3) is 1.46. The summed E-state index contributed by atoms with van der Waals surface area (Å²) in [6.07, 6.45) is 0. The van der Waals surface area contributed by atoms with E-state index in [1.54, 1.807) is 24.3 Å². The third-order valence-electron chi connectivity index (χ3n) is 1.74. The van der Waals surface area contributed by atoms with E-state index in [1.165, 1.54) is 0 Å². The molecule has 64 valence electrons.